The Kier molecular flexibility index (Phi) is 5.04. The van der Waals surface area contributed by atoms with Crippen molar-refractivity contribution in [2.45, 2.75) is 19.4 Å². The quantitative estimate of drug-likeness (QED) is 0.686. The van der Waals surface area contributed by atoms with Gasteiger partial charge in [-0.2, -0.15) is 0 Å². The van der Waals surface area contributed by atoms with Crippen LogP contribution in [0.3, 0.4) is 0 Å². The first kappa shape index (κ1) is 18.7. The molecule has 0 saturated carbocycles. The number of hydrogen-bond donors (Lipinski definition) is 1. The molecule has 0 radical (unpaired) electrons. The number of piperidine rings is 1. The lowest BCUT2D eigenvalue weighted by Crippen LogP contribution is -2.34. The summed E-state index contributed by atoms with van der Waals surface area (Å²) in [6, 6.07) is 14.0. The van der Waals surface area contributed by atoms with Gasteiger partial charge in [0.25, 0.3) is 0 Å². The molecule has 1 aromatic heterocycles. The first-order chi connectivity index (χ1) is 14.2. The number of pyridine rings is 1. The van der Waals surface area contributed by atoms with Gasteiger partial charge in [0, 0.05) is 35.2 Å². The van der Waals surface area contributed by atoms with E-state index < -0.39 is 0 Å². The number of fused-ring (bicyclic) bond motifs is 2. The molecule has 2 aromatic carbocycles. The molecule has 1 fully saturated rings. The lowest BCUT2D eigenvalue weighted by Gasteiger charge is -2.31. The average Bonchev–Trinajstić information content (AvgIpc) is 3.20. The van der Waals surface area contributed by atoms with Gasteiger partial charge in [-0.25, -0.2) is 4.98 Å². The third kappa shape index (κ3) is 3.78. The van der Waals surface area contributed by atoms with Crippen LogP contribution in [0.25, 0.3) is 22.2 Å². The van der Waals surface area contributed by atoms with Crippen molar-refractivity contribution in [2.75, 3.05) is 26.5 Å². The second-order valence-electron chi connectivity index (χ2n) is 7.80. The number of ether oxygens (including phenoxy) is 2. The Morgan fingerprint density at radius 3 is 2.48 bits per heavy atom. The van der Waals surface area contributed by atoms with Crippen molar-refractivity contribution in [1.82, 2.24) is 9.88 Å². The Hall–Kier alpha value is -2.34. The molecule has 1 N–H and O–H groups in total. The van der Waals surface area contributed by atoms with E-state index in [4.69, 9.17) is 26.1 Å². The number of aliphatic hydroxyl groups is 1. The van der Waals surface area contributed by atoms with Crippen LogP contribution in [0, 0.1) is 5.92 Å². The number of halogens is 1. The van der Waals surface area contributed by atoms with E-state index in [1.165, 1.54) is 5.56 Å². The maximum Gasteiger partial charge on any atom is 0.231 e. The van der Waals surface area contributed by atoms with Gasteiger partial charge in [0.05, 0.1) is 11.2 Å². The molecule has 3 heterocycles. The maximum atomic E-state index is 9.42. The van der Waals surface area contributed by atoms with E-state index in [2.05, 4.69) is 11.0 Å². The van der Waals surface area contributed by atoms with E-state index >= 15 is 0 Å². The minimum absolute atomic E-state index is 0.252. The van der Waals surface area contributed by atoms with E-state index in [0.29, 0.717) is 10.9 Å². The number of hydrogen-bond acceptors (Lipinski definition) is 5. The van der Waals surface area contributed by atoms with Gasteiger partial charge < -0.3 is 14.6 Å². The van der Waals surface area contributed by atoms with E-state index in [1.54, 1.807) is 0 Å². The number of likely N-dealkylation sites (tertiary alicyclic amines) is 1. The van der Waals surface area contributed by atoms with Gasteiger partial charge in [0.15, 0.2) is 11.5 Å². The largest absolute Gasteiger partial charge is 0.454 e. The Balaban J connectivity index is 1.55. The summed E-state index contributed by atoms with van der Waals surface area (Å²) in [7, 11) is 0. The molecule has 0 bridgehead atoms. The SMILES string of the molecule is OCC1CCN(Cc2cc3cc4c(cc3nc2-c2ccc(Cl)cc2)OCO4)CC1. The fraction of sp³-hybridized carbons (Fsp3) is 0.348. The monoisotopic (exact) mass is 410 g/mol. The van der Waals surface area contributed by atoms with E-state index in [1.807, 2.05) is 36.4 Å². The number of nitrogens with zero attached hydrogens (tertiary/aromatic N) is 2. The van der Waals surface area contributed by atoms with E-state index in [-0.39, 0.29) is 13.4 Å². The van der Waals surface area contributed by atoms with Crippen LogP contribution in [0.15, 0.2) is 42.5 Å². The molecular formula is C23H23ClN2O3. The van der Waals surface area contributed by atoms with Gasteiger partial charge >= 0.3 is 0 Å². The second-order valence-corrected chi connectivity index (χ2v) is 8.24. The van der Waals surface area contributed by atoms with Crippen LogP contribution in [0.5, 0.6) is 11.5 Å². The first-order valence-electron chi connectivity index (χ1n) is 10.0. The molecule has 2 aliphatic heterocycles. The van der Waals surface area contributed by atoms with E-state index in [0.717, 1.165) is 66.1 Å². The molecule has 5 nitrogen and oxygen atoms in total. The van der Waals surface area contributed by atoms with E-state index in [9.17, 15) is 5.11 Å². The van der Waals surface area contributed by atoms with Crippen LogP contribution in [0.4, 0.5) is 0 Å². The summed E-state index contributed by atoms with van der Waals surface area (Å²) in [6.45, 7) is 3.35. The van der Waals surface area contributed by atoms with Crippen LogP contribution in [-0.2, 0) is 6.54 Å². The summed E-state index contributed by atoms with van der Waals surface area (Å²) in [5, 5.41) is 11.2. The van der Waals surface area contributed by atoms with Gasteiger partial charge in [0.1, 0.15) is 0 Å². The molecule has 2 aliphatic rings. The maximum absolute atomic E-state index is 9.42. The Bertz CT molecular complexity index is 1030. The van der Waals surface area contributed by atoms with Gasteiger partial charge in [-0.15, -0.1) is 0 Å². The zero-order valence-corrected chi connectivity index (χ0v) is 16.9. The highest BCUT2D eigenvalue weighted by Crippen LogP contribution is 2.37. The Morgan fingerprint density at radius 2 is 1.76 bits per heavy atom. The van der Waals surface area contributed by atoms with Gasteiger partial charge in [-0.1, -0.05) is 23.7 Å². The van der Waals surface area contributed by atoms with Crippen molar-refractivity contribution < 1.29 is 14.6 Å². The summed E-state index contributed by atoms with van der Waals surface area (Å²) in [5.74, 6) is 1.94. The lowest BCUT2D eigenvalue weighted by molar-refractivity contribution is 0.127. The van der Waals surface area contributed by atoms with Crippen molar-refractivity contribution in [2.24, 2.45) is 5.92 Å². The molecule has 1 saturated heterocycles. The summed E-state index contributed by atoms with van der Waals surface area (Å²) >= 11 is 6.10. The van der Waals surface area contributed by atoms with Crippen LogP contribution in [-0.4, -0.2) is 41.5 Å². The highest BCUT2D eigenvalue weighted by atomic mass is 35.5. The van der Waals surface area contributed by atoms with Crippen molar-refractivity contribution in [3.8, 4) is 22.8 Å². The number of rotatable bonds is 4. The van der Waals surface area contributed by atoms with Crippen molar-refractivity contribution in [3.05, 3.63) is 53.1 Å². The van der Waals surface area contributed by atoms with Crippen LogP contribution >= 0.6 is 11.6 Å². The summed E-state index contributed by atoms with van der Waals surface area (Å²) < 4.78 is 11.1. The Labute approximate surface area is 174 Å². The van der Waals surface area contributed by atoms with Gasteiger partial charge in [0.2, 0.25) is 6.79 Å². The molecule has 0 aliphatic carbocycles. The fourth-order valence-electron chi connectivity index (χ4n) is 4.15. The Morgan fingerprint density at radius 1 is 1.03 bits per heavy atom. The standard InChI is InChI=1S/C23H23ClN2O3/c24-19-3-1-16(2-4-19)23-18(12-26-7-5-15(13-27)6-8-26)9-17-10-21-22(29-14-28-21)11-20(17)25-23/h1-4,9-11,15,27H,5-8,12-14H2. The van der Waals surface area contributed by atoms with Gasteiger partial charge in [-0.05, 0) is 61.7 Å². The number of aromatic nitrogens is 1. The predicted octanol–water partition coefficient (Wildman–Crippen LogP) is 4.49. The molecule has 5 rings (SSSR count). The molecule has 6 heteroatoms. The molecule has 29 heavy (non-hydrogen) atoms. The normalized spacial score (nSPS) is 17.2. The second kappa shape index (κ2) is 7.82. The highest BCUT2D eigenvalue weighted by Gasteiger charge is 2.21. The predicted molar refractivity (Wildman–Crippen MR) is 113 cm³/mol. The van der Waals surface area contributed by atoms with Crippen LogP contribution in [0.1, 0.15) is 18.4 Å². The highest BCUT2D eigenvalue weighted by molar-refractivity contribution is 6.30. The third-order valence-electron chi connectivity index (χ3n) is 5.86. The molecule has 0 unspecified atom stereocenters. The van der Waals surface area contributed by atoms with Crippen molar-refractivity contribution >= 4 is 22.5 Å². The van der Waals surface area contributed by atoms with Crippen LogP contribution in [0.2, 0.25) is 5.02 Å². The molecule has 0 spiro atoms. The zero-order valence-electron chi connectivity index (χ0n) is 16.1. The average molecular weight is 411 g/mol. The number of aliphatic hydroxyl groups excluding tert-OH is 1. The zero-order chi connectivity index (χ0) is 19.8. The third-order valence-corrected chi connectivity index (χ3v) is 6.12. The molecular weight excluding hydrogens is 388 g/mol. The summed E-state index contributed by atoms with van der Waals surface area (Å²) in [6.07, 6.45) is 2.07. The molecule has 3 aromatic rings. The minimum Gasteiger partial charge on any atom is -0.454 e. The van der Waals surface area contributed by atoms with Crippen molar-refractivity contribution in [1.29, 1.82) is 0 Å². The molecule has 150 valence electrons. The minimum atomic E-state index is 0.252. The molecule has 0 atom stereocenters. The van der Waals surface area contributed by atoms with Crippen LogP contribution < -0.4 is 9.47 Å². The van der Waals surface area contributed by atoms with Crippen molar-refractivity contribution in [3.63, 3.8) is 0 Å². The van der Waals surface area contributed by atoms with Gasteiger partial charge in [-0.3, -0.25) is 4.90 Å². The smallest absolute Gasteiger partial charge is 0.231 e. The number of benzene rings is 2. The fourth-order valence-corrected chi connectivity index (χ4v) is 4.28. The topological polar surface area (TPSA) is 54.8 Å². The summed E-state index contributed by atoms with van der Waals surface area (Å²) in [4.78, 5) is 7.45. The summed E-state index contributed by atoms with van der Waals surface area (Å²) in [5.41, 5.74) is 4.09. The molecule has 0 amide bonds. The lowest BCUT2D eigenvalue weighted by atomic mass is 9.96. The first-order valence-corrected chi connectivity index (χ1v) is 10.4.